The van der Waals surface area contributed by atoms with Crippen molar-refractivity contribution in [2.24, 2.45) is 5.73 Å². The summed E-state index contributed by atoms with van der Waals surface area (Å²) in [7, 11) is 0. The number of hydrogen-bond donors (Lipinski definition) is 1. The third-order valence-electron chi connectivity index (χ3n) is 1.59. The van der Waals surface area contributed by atoms with Crippen molar-refractivity contribution < 1.29 is 13.5 Å². The van der Waals surface area contributed by atoms with E-state index in [1.165, 1.54) is 6.07 Å². The van der Waals surface area contributed by atoms with Gasteiger partial charge in [-0.15, -0.1) is 0 Å². The summed E-state index contributed by atoms with van der Waals surface area (Å²) in [6.45, 7) is 0.613. The number of pyridine rings is 1. The van der Waals surface area contributed by atoms with Gasteiger partial charge < -0.3 is 10.5 Å². The van der Waals surface area contributed by atoms with Crippen LogP contribution in [0.3, 0.4) is 0 Å². The highest BCUT2D eigenvalue weighted by atomic mass is 19.3. The van der Waals surface area contributed by atoms with Gasteiger partial charge in [-0.1, -0.05) is 6.07 Å². The van der Waals surface area contributed by atoms with Crippen molar-refractivity contribution in [3.8, 4) is 5.88 Å². The first kappa shape index (κ1) is 10.8. The van der Waals surface area contributed by atoms with Crippen LogP contribution in [-0.2, 0) is 5.54 Å². The number of halogens is 2. The van der Waals surface area contributed by atoms with Gasteiger partial charge in [-0.25, -0.2) is 4.98 Å². The van der Waals surface area contributed by atoms with Gasteiger partial charge in [0.25, 0.3) is 0 Å². The number of nitrogens with two attached hydrogens (primary N) is 1. The zero-order valence-electron chi connectivity index (χ0n) is 8.00. The molecule has 0 aromatic carbocycles. The van der Waals surface area contributed by atoms with Crippen molar-refractivity contribution in [2.45, 2.75) is 26.0 Å². The molecule has 0 aliphatic carbocycles. The maximum atomic E-state index is 11.9. The van der Waals surface area contributed by atoms with Gasteiger partial charge in [0.05, 0.1) is 11.2 Å². The summed E-state index contributed by atoms with van der Waals surface area (Å²) in [5, 5.41) is 0. The molecule has 2 N–H and O–H groups in total. The monoisotopic (exact) mass is 202 g/mol. The SMILES string of the molecule is CC(C)(N)c1cccc(OC(F)F)n1. The highest BCUT2D eigenvalue weighted by Gasteiger charge is 2.17. The Morgan fingerprint density at radius 2 is 2.07 bits per heavy atom. The summed E-state index contributed by atoms with van der Waals surface area (Å²) in [6.07, 6.45) is 0. The van der Waals surface area contributed by atoms with Gasteiger partial charge in [0.1, 0.15) is 0 Å². The molecule has 0 bridgehead atoms. The van der Waals surface area contributed by atoms with E-state index in [1.54, 1.807) is 26.0 Å². The Hall–Kier alpha value is -1.23. The van der Waals surface area contributed by atoms with E-state index in [4.69, 9.17) is 5.73 Å². The molecule has 0 saturated heterocycles. The summed E-state index contributed by atoms with van der Waals surface area (Å²) < 4.78 is 27.9. The van der Waals surface area contributed by atoms with Crippen molar-refractivity contribution in [3.05, 3.63) is 23.9 Å². The lowest BCUT2D eigenvalue weighted by atomic mass is 10.0. The fourth-order valence-corrected chi connectivity index (χ4v) is 0.931. The molecule has 14 heavy (non-hydrogen) atoms. The normalized spacial score (nSPS) is 11.9. The summed E-state index contributed by atoms with van der Waals surface area (Å²) >= 11 is 0. The number of aromatic nitrogens is 1. The van der Waals surface area contributed by atoms with Crippen LogP contribution >= 0.6 is 0 Å². The third-order valence-corrected chi connectivity index (χ3v) is 1.59. The molecular formula is C9H12F2N2O. The first-order chi connectivity index (χ1) is 6.39. The van der Waals surface area contributed by atoms with E-state index in [-0.39, 0.29) is 5.88 Å². The first-order valence-corrected chi connectivity index (χ1v) is 4.11. The second-order valence-electron chi connectivity index (χ2n) is 3.46. The quantitative estimate of drug-likeness (QED) is 0.814. The summed E-state index contributed by atoms with van der Waals surface area (Å²) in [6, 6.07) is 4.61. The second-order valence-corrected chi connectivity index (χ2v) is 3.46. The molecule has 0 aliphatic rings. The Morgan fingerprint density at radius 3 is 2.57 bits per heavy atom. The van der Waals surface area contributed by atoms with E-state index < -0.39 is 12.2 Å². The average Bonchev–Trinajstić information content (AvgIpc) is 2.01. The molecule has 5 heteroatoms. The van der Waals surface area contributed by atoms with E-state index in [2.05, 4.69) is 9.72 Å². The molecule has 0 saturated carbocycles. The van der Waals surface area contributed by atoms with Gasteiger partial charge in [0, 0.05) is 6.07 Å². The Balaban J connectivity index is 2.90. The van der Waals surface area contributed by atoms with E-state index in [0.717, 1.165) is 0 Å². The van der Waals surface area contributed by atoms with Crippen LogP contribution in [0.15, 0.2) is 18.2 Å². The maximum Gasteiger partial charge on any atom is 0.388 e. The smallest absolute Gasteiger partial charge is 0.388 e. The highest BCUT2D eigenvalue weighted by molar-refractivity contribution is 5.20. The molecule has 0 atom stereocenters. The maximum absolute atomic E-state index is 11.9. The molecule has 0 amide bonds. The number of rotatable bonds is 3. The van der Waals surface area contributed by atoms with E-state index in [9.17, 15) is 8.78 Å². The van der Waals surface area contributed by atoms with Crippen LogP contribution in [0.1, 0.15) is 19.5 Å². The Morgan fingerprint density at radius 1 is 1.43 bits per heavy atom. The van der Waals surface area contributed by atoms with Crippen LogP contribution in [0.2, 0.25) is 0 Å². The van der Waals surface area contributed by atoms with Crippen LogP contribution in [0, 0.1) is 0 Å². The summed E-state index contributed by atoms with van der Waals surface area (Å²) in [4.78, 5) is 3.86. The molecule has 3 nitrogen and oxygen atoms in total. The van der Waals surface area contributed by atoms with E-state index >= 15 is 0 Å². The van der Waals surface area contributed by atoms with Crippen LogP contribution in [-0.4, -0.2) is 11.6 Å². The number of hydrogen-bond acceptors (Lipinski definition) is 3. The third kappa shape index (κ3) is 2.92. The van der Waals surface area contributed by atoms with Crippen molar-refractivity contribution in [3.63, 3.8) is 0 Å². The average molecular weight is 202 g/mol. The second kappa shape index (κ2) is 3.88. The minimum atomic E-state index is -2.86. The van der Waals surface area contributed by atoms with Crippen molar-refractivity contribution >= 4 is 0 Å². The van der Waals surface area contributed by atoms with E-state index in [0.29, 0.717) is 5.69 Å². The van der Waals surface area contributed by atoms with Crippen LogP contribution < -0.4 is 10.5 Å². The zero-order chi connectivity index (χ0) is 10.8. The molecule has 1 rings (SSSR count). The Kier molecular flexibility index (Phi) is 3.00. The van der Waals surface area contributed by atoms with Gasteiger partial charge >= 0.3 is 6.61 Å². The molecule has 0 aliphatic heterocycles. The topological polar surface area (TPSA) is 48.1 Å². The van der Waals surface area contributed by atoms with Gasteiger partial charge in [-0.2, -0.15) is 8.78 Å². The molecular weight excluding hydrogens is 190 g/mol. The van der Waals surface area contributed by atoms with Crippen molar-refractivity contribution in [1.29, 1.82) is 0 Å². The Bertz CT molecular complexity index is 310. The van der Waals surface area contributed by atoms with Crippen molar-refractivity contribution in [2.75, 3.05) is 0 Å². The number of alkyl halides is 2. The fraction of sp³-hybridized carbons (Fsp3) is 0.444. The lowest BCUT2D eigenvalue weighted by Crippen LogP contribution is -2.29. The zero-order valence-corrected chi connectivity index (χ0v) is 8.00. The largest absolute Gasteiger partial charge is 0.417 e. The molecule has 78 valence electrons. The minimum Gasteiger partial charge on any atom is -0.417 e. The predicted molar refractivity (Wildman–Crippen MR) is 48.1 cm³/mol. The summed E-state index contributed by atoms with van der Waals surface area (Å²) in [5.41, 5.74) is 5.60. The van der Waals surface area contributed by atoms with Gasteiger partial charge in [0.2, 0.25) is 5.88 Å². The number of ether oxygens (including phenoxy) is 1. The van der Waals surface area contributed by atoms with Crippen LogP contribution in [0.4, 0.5) is 8.78 Å². The first-order valence-electron chi connectivity index (χ1n) is 4.11. The van der Waals surface area contributed by atoms with Gasteiger partial charge in [-0.3, -0.25) is 0 Å². The lowest BCUT2D eigenvalue weighted by molar-refractivity contribution is -0.0530. The molecule has 0 unspecified atom stereocenters. The predicted octanol–water partition coefficient (Wildman–Crippen LogP) is 1.88. The molecule has 0 radical (unpaired) electrons. The number of nitrogens with zero attached hydrogens (tertiary/aromatic N) is 1. The molecule has 1 aromatic rings. The lowest BCUT2D eigenvalue weighted by Gasteiger charge is -2.18. The standard InChI is InChI=1S/C9H12F2N2O/c1-9(2,12)6-4-3-5-7(13-6)14-8(10)11/h3-5,8H,12H2,1-2H3. The molecule has 1 heterocycles. The van der Waals surface area contributed by atoms with Crippen LogP contribution in [0.25, 0.3) is 0 Å². The van der Waals surface area contributed by atoms with Gasteiger partial charge in [0.15, 0.2) is 0 Å². The Labute approximate surface area is 80.9 Å². The minimum absolute atomic E-state index is 0.115. The molecule has 1 aromatic heterocycles. The van der Waals surface area contributed by atoms with E-state index in [1.807, 2.05) is 0 Å². The summed E-state index contributed by atoms with van der Waals surface area (Å²) in [5.74, 6) is -0.115. The van der Waals surface area contributed by atoms with Crippen LogP contribution in [0.5, 0.6) is 5.88 Å². The van der Waals surface area contributed by atoms with Gasteiger partial charge in [-0.05, 0) is 19.9 Å². The molecule has 0 spiro atoms. The molecule has 0 fully saturated rings. The highest BCUT2D eigenvalue weighted by Crippen LogP contribution is 2.18. The fourth-order valence-electron chi connectivity index (χ4n) is 0.931. The van der Waals surface area contributed by atoms with Crippen molar-refractivity contribution in [1.82, 2.24) is 4.98 Å².